The van der Waals surface area contributed by atoms with Crippen molar-refractivity contribution in [3.05, 3.63) is 0 Å². The molecule has 1 aliphatic heterocycles. The van der Waals surface area contributed by atoms with Crippen LogP contribution in [0, 0.1) is 5.92 Å². The quantitative estimate of drug-likeness (QED) is 0.670. The summed E-state index contributed by atoms with van der Waals surface area (Å²) < 4.78 is 5.53. The van der Waals surface area contributed by atoms with Gasteiger partial charge in [0.05, 0.1) is 12.6 Å². The Hall–Kier alpha value is -1.14. The van der Waals surface area contributed by atoms with Gasteiger partial charge in [-0.05, 0) is 50.9 Å². The van der Waals surface area contributed by atoms with E-state index < -0.39 is 5.97 Å². The fourth-order valence-electron chi connectivity index (χ4n) is 3.62. The van der Waals surface area contributed by atoms with E-state index in [9.17, 15) is 9.59 Å². The lowest BCUT2D eigenvalue weighted by Crippen LogP contribution is -2.55. The molecule has 0 spiro atoms. The molecule has 2 N–H and O–H groups in total. The van der Waals surface area contributed by atoms with Gasteiger partial charge in [0.2, 0.25) is 5.91 Å². The molecule has 130 valence electrons. The highest BCUT2D eigenvalue weighted by Gasteiger charge is 2.37. The molecule has 3 aliphatic rings. The van der Waals surface area contributed by atoms with E-state index in [2.05, 4.69) is 10.2 Å². The zero-order chi connectivity index (χ0) is 16.2. The van der Waals surface area contributed by atoms with E-state index in [1.807, 2.05) is 0 Å². The lowest BCUT2D eigenvalue weighted by molar-refractivity contribution is -0.140. The number of carboxylic acids is 1. The van der Waals surface area contributed by atoms with Crippen LogP contribution in [0.4, 0.5) is 0 Å². The van der Waals surface area contributed by atoms with Crippen molar-refractivity contribution in [1.82, 2.24) is 10.2 Å². The Morgan fingerprint density at radius 2 is 2.00 bits per heavy atom. The van der Waals surface area contributed by atoms with Gasteiger partial charge in [0.1, 0.15) is 0 Å². The summed E-state index contributed by atoms with van der Waals surface area (Å²) in [5.41, 5.74) is 0. The lowest BCUT2D eigenvalue weighted by atomic mass is 9.85. The summed E-state index contributed by atoms with van der Waals surface area (Å²) in [5, 5.41) is 12.1. The largest absolute Gasteiger partial charge is 0.480 e. The van der Waals surface area contributed by atoms with Crippen LogP contribution in [0.15, 0.2) is 0 Å². The van der Waals surface area contributed by atoms with Crippen LogP contribution in [-0.2, 0) is 14.3 Å². The second-order valence-corrected chi connectivity index (χ2v) is 7.33. The Kier molecular flexibility index (Phi) is 5.54. The summed E-state index contributed by atoms with van der Waals surface area (Å²) in [6.07, 6.45) is 8.01. The molecule has 0 aromatic rings. The lowest BCUT2D eigenvalue weighted by Gasteiger charge is -2.42. The maximum Gasteiger partial charge on any atom is 0.317 e. The number of amides is 1. The number of hydrogen-bond acceptors (Lipinski definition) is 4. The molecule has 0 bridgehead atoms. The van der Waals surface area contributed by atoms with E-state index in [4.69, 9.17) is 9.84 Å². The second-order valence-electron chi connectivity index (χ2n) is 7.33. The smallest absolute Gasteiger partial charge is 0.317 e. The highest BCUT2D eigenvalue weighted by Crippen LogP contribution is 2.33. The number of ether oxygens (including phenoxy) is 1. The van der Waals surface area contributed by atoms with Crippen LogP contribution in [0.2, 0.25) is 0 Å². The van der Waals surface area contributed by atoms with Gasteiger partial charge in [0, 0.05) is 31.7 Å². The third kappa shape index (κ3) is 5.18. The van der Waals surface area contributed by atoms with Crippen LogP contribution in [0.25, 0.3) is 0 Å². The van der Waals surface area contributed by atoms with E-state index in [1.165, 1.54) is 12.8 Å². The molecule has 1 heterocycles. The summed E-state index contributed by atoms with van der Waals surface area (Å²) >= 11 is 0. The van der Waals surface area contributed by atoms with E-state index in [-0.39, 0.29) is 24.6 Å². The zero-order valence-corrected chi connectivity index (χ0v) is 13.7. The number of carboxylic acid groups (broad SMARTS) is 1. The molecule has 1 amide bonds. The van der Waals surface area contributed by atoms with Crippen molar-refractivity contribution >= 4 is 11.9 Å². The van der Waals surface area contributed by atoms with Crippen molar-refractivity contribution in [3.8, 4) is 0 Å². The van der Waals surface area contributed by atoms with Gasteiger partial charge >= 0.3 is 5.97 Å². The average molecular weight is 324 g/mol. The van der Waals surface area contributed by atoms with Crippen molar-refractivity contribution in [1.29, 1.82) is 0 Å². The first-order valence-electron chi connectivity index (χ1n) is 8.97. The van der Waals surface area contributed by atoms with Gasteiger partial charge in [0.15, 0.2) is 0 Å². The number of carbonyl (C=O) groups is 2. The number of carbonyl (C=O) groups excluding carboxylic acids is 1. The van der Waals surface area contributed by atoms with Crippen LogP contribution >= 0.6 is 0 Å². The Morgan fingerprint density at radius 1 is 1.22 bits per heavy atom. The fraction of sp³-hybridized carbons (Fsp3) is 0.882. The molecule has 0 aromatic heterocycles. The highest BCUT2D eigenvalue weighted by atomic mass is 16.5. The fourth-order valence-corrected chi connectivity index (χ4v) is 3.62. The topological polar surface area (TPSA) is 78.9 Å². The molecule has 0 radical (unpaired) electrons. The monoisotopic (exact) mass is 324 g/mol. The maximum absolute atomic E-state index is 12.0. The molecule has 0 aromatic carbocycles. The molecule has 3 rings (SSSR count). The van der Waals surface area contributed by atoms with Crippen molar-refractivity contribution < 1.29 is 19.4 Å². The number of nitrogens with one attached hydrogen (secondary N) is 1. The van der Waals surface area contributed by atoms with Crippen LogP contribution in [0.5, 0.6) is 0 Å². The van der Waals surface area contributed by atoms with E-state index >= 15 is 0 Å². The summed E-state index contributed by atoms with van der Waals surface area (Å²) in [5.74, 6) is 0.0417. The van der Waals surface area contributed by atoms with Crippen molar-refractivity contribution in [3.63, 3.8) is 0 Å². The normalized spacial score (nSPS) is 30.2. The van der Waals surface area contributed by atoms with E-state index in [0.717, 1.165) is 45.3 Å². The van der Waals surface area contributed by atoms with Crippen molar-refractivity contribution in [2.45, 2.75) is 69.6 Å². The standard InChI is InChI=1S/C17H28N2O4/c20-16(6-5-15-2-1-7-23-15)18-13-8-14(9-13)19(11-17(21)22)10-12-3-4-12/h12-15H,1-11H2,(H,18,20)(H,21,22). The zero-order valence-electron chi connectivity index (χ0n) is 13.7. The molecule has 2 saturated carbocycles. The Labute approximate surface area is 137 Å². The minimum absolute atomic E-state index is 0.107. The van der Waals surface area contributed by atoms with Gasteiger partial charge in [-0.2, -0.15) is 0 Å². The molecule has 1 saturated heterocycles. The van der Waals surface area contributed by atoms with Gasteiger partial charge in [-0.25, -0.2) is 0 Å². The molecular weight excluding hydrogens is 296 g/mol. The number of nitrogens with zero attached hydrogens (tertiary/aromatic N) is 1. The summed E-state index contributed by atoms with van der Waals surface area (Å²) in [6, 6.07) is 0.530. The number of hydrogen-bond donors (Lipinski definition) is 2. The highest BCUT2D eigenvalue weighted by molar-refractivity contribution is 5.76. The minimum atomic E-state index is -0.755. The molecule has 1 unspecified atom stereocenters. The maximum atomic E-state index is 12.0. The first-order valence-corrected chi connectivity index (χ1v) is 8.97. The summed E-state index contributed by atoms with van der Waals surface area (Å²) in [7, 11) is 0. The van der Waals surface area contributed by atoms with E-state index in [0.29, 0.717) is 18.4 Å². The predicted octanol–water partition coefficient (Wildman–Crippen LogP) is 1.39. The summed E-state index contributed by atoms with van der Waals surface area (Å²) in [6.45, 7) is 1.86. The first-order chi connectivity index (χ1) is 11.1. The van der Waals surface area contributed by atoms with Gasteiger partial charge < -0.3 is 15.2 Å². The predicted molar refractivity (Wildman–Crippen MR) is 85.1 cm³/mol. The second kappa shape index (κ2) is 7.62. The molecule has 6 heteroatoms. The van der Waals surface area contributed by atoms with Crippen LogP contribution in [0.1, 0.15) is 51.4 Å². The third-order valence-electron chi connectivity index (χ3n) is 5.24. The molecule has 1 atom stereocenters. The first kappa shape index (κ1) is 16.7. The average Bonchev–Trinajstić information content (AvgIpc) is 3.11. The molecular formula is C17H28N2O4. The number of rotatable bonds is 9. The Bertz CT molecular complexity index is 426. The summed E-state index contributed by atoms with van der Waals surface area (Å²) in [4.78, 5) is 25.1. The minimum Gasteiger partial charge on any atom is -0.480 e. The van der Waals surface area contributed by atoms with Crippen molar-refractivity contribution in [2.75, 3.05) is 19.7 Å². The van der Waals surface area contributed by atoms with Crippen LogP contribution in [0.3, 0.4) is 0 Å². The Morgan fingerprint density at radius 3 is 2.61 bits per heavy atom. The molecule has 6 nitrogen and oxygen atoms in total. The van der Waals surface area contributed by atoms with E-state index in [1.54, 1.807) is 0 Å². The van der Waals surface area contributed by atoms with Crippen LogP contribution in [-0.4, -0.2) is 59.8 Å². The third-order valence-corrected chi connectivity index (χ3v) is 5.24. The number of aliphatic carboxylic acids is 1. The Balaban J connectivity index is 1.33. The SMILES string of the molecule is O=C(O)CN(CC1CC1)C1CC(NC(=O)CCC2CCCO2)C1. The molecule has 2 aliphatic carbocycles. The van der Waals surface area contributed by atoms with Gasteiger partial charge in [-0.15, -0.1) is 0 Å². The molecule has 23 heavy (non-hydrogen) atoms. The van der Waals surface area contributed by atoms with Gasteiger partial charge in [-0.1, -0.05) is 0 Å². The van der Waals surface area contributed by atoms with Crippen LogP contribution < -0.4 is 5.32 Å². The van der Waals surface area contributed by atoms with Crippen molar-refractivity contribution in [2.24, 2.45) is 5.92 Å². The molecule has 3 fully saturated rings. The van der Waals surface area contributed by atoms with Gasteiger partial charge in [-0.3, -0.25) is 14.5 Å². The van der Waals surface area contributed by atoms with Gasteiger partial charge in [0.25, 0.3) is 0 Å².